The van der Waals surface area contributed by atoms with Crippen molar-refractivity contribution in [2.45, 2.75) is 0 Å². The molecular formula is C6H6O2. The summed E-state index contributed by atoms with van der Waals surface area (Å²) in [6, 6.07) is 0. The zero-order valence-electron chi connectivity index (χ0n) is 4.33. The first-order chi connectivity index (χ1) is 3.91. The number of hydrogen-bond acceptors (Lipinski definition) is 2. The van der Waals surface area contributed by atoms with E-state index in [1.807, 2.05) is 0 Å². The number of rotatable bonds is 3. The summed E-state index contributed by atoms with van der Waals surface area (Å²) in [7, 11) is 0. The average molecular weight is 110 g/mol. The molecule has 0 saturated heterocycles. The van der Waals surface area contributed by atoms with Gasteiger partial charge in [-0.25, -0.2) is 0 Å². The minimum Gasteiger partial charge on any atom is -0.488 e. The van der Waals surface area contributed by atoms with Crippen LogP contribution in [-0.2, 0) is 9.53 Å². The summed E-state index contributed by atoms with van der Waals surface area (Å²) in [5, 5.41) is 0. The minimum absolute atomic E-state index is 0.213. The Balaban J connectivity index is 3.06. The van der Waals surface area contributed by atoms with E-state index in [-0.39, 0.29) is 6.61 Å². The van der Waals surface area contributed by atoms with E-state index in [9.17, 15) is 4.79 Å². The van der Waals surface area contributed by atoms with E-state index in [0.29, 0.717) is 6.29 Å². The Labute approximate surface area is 48.1 Å². The van der Waals surface area contributed by atoms with Crippen molar-refractivity contribution in [2.75, 3.05) is 6.61 Å². The largest absolute Gasteiger partial charge is 0.488 e. The van der Waals surface area contributed by atoms with Crippen molar-refractivity contribution in [3.05, 3.63) is 12.3 Å². The molecule has 0 aromatic heterocycles. The Bertz CT molecular complexity index is 119. The Hall–Kier alpha value is -1.23. The fourth-order valence-electron chi connectivity index (χ4n) is 0.184. The lowest BCUT2D eigenvalue weighted by atomic mass is 10.7. The van der Waals surface area contributed by atoms with Gasteiger partial charge in [-0.05, 0) is 0 Å². The summed E-state index contributed by atoms with van der Waals surface area (Å²) in [5.41, 5.74) is 0. The molecule has 0 unspecified atom stereocenters. The van der Waals surface area contributed by atoms with Gasteiger partial charge in [0.05, 0.1) is 6.26 Å². The van der Waals surface area contributed by atoms with Gasteiger partial charge in [-0.1, -0.05) is 5.92 Å². The van der Waals surface area contributed by atoms with Crippen LogP contribution in [0.15, 0.2) is 12.3 Å². The van der Waals surface area contributed by atoms with E-state index < -0.39 is 0 Å². The molecule has 0 radical (unpaired) electrons. The first-order valence-electron chi connectivity index (χ1n) is 2.07. The first kappa shape index (κ1) is 6.77. The second-order valence-electron chi connectivity index (χ2n) is 0.980. The Kier molecular flexibility index (Phi) is 4.88. The van der Waals surface area contributed by atoms with Gasteiger partial charge in [0.1, 0.15) is 12.9 Å². The fraction of sp³-hybridized carbons (Fsp3) is 0.167. The lowest BCUT2D eigenvalue weighted by Crippen LogP contribution is -1.78. The van der Waals surface area contributed by atoms with Crippen LogP contribution in [0.25, 0.3) is 0 Å². The van der Waals surface area contributed by atoms with Gasteiger partial charge in [0.2, 0.25) is 0 Å². The van der Waals surface area contributed by atoms with Gasteiger partial charge in [-0.2, -0.15) is 0 Å². The van der Waals surface area contributed by atoms with Gasteiger partial charge in [-0.3, -0.25) is 4.79 Å². The molecule has 0 bridgehead atoms. The van der Waals surface area contributed by atoms with E-state index in [1.165, 1.54) is 12.3 Å². The molecule has 0 fully saturated rings. The Morgan fingerprint density at radius 2 is 2.50 bits per heavy atom. The van der Waals surface area contributed by atoms with Gasteiger partial charge in [0.15, 0.2) is 0 Å². The molecule has 2 nitrogen and oxygen atoms in total. The maximum absolute atomic E-state index is 9.55. The number of terminal acetylenes is 1. The van der Waals surface area contributed by atoms with Gasteiger partial charge < -0.3 is 4.74 Å². The van der Waals surface area contributed by atoms with Crippen LogP contribution in [0.2, 0.25) is 0 Å². The van der Waals surface area contributed by atoms with Crippen LogP contribution in [0.4, 0.5) is 0 Å². The third-order valence-electron chi connectivity index (χ3n) is 0.420. The third kappa shape index (κ3) is 4.77. The lowest BCUT2D eigenvalue weighted by molar-refractivity contribution is -0.104. The van der Waals surface area contributed by atoms with Crippen LogP contribution >= 0.6 is 0 Å². The molecule has 0 aromatic rings. The molecule has 0 aliphatic rings. The Morgan fingerprint density at radius 3 is 3.00 bits per heavy atom. The summed E-state index contributed by atoms with van der Waals surface area (Å²) in [6.07, 6.45) is 7.93. The van der Waals surface area contributed by atoms with Crippen LogP contribution in [0.3, 0.4) is 0 Å². The van der Waals surface area contributed by atoms with E-state index in [2.05, 4.69) is 10.7 Å². The van der Waals surface area contributed by atoms with Crippen molar-refractivity contribution in [2.24, 2.45) is 0 Å². The van der Waals surface area contributed by atoms with Gasteiger partial charge in [0, 0.05) is 6.08 Å². The van der Waals surface area contributed by atoms with E-state index in [0.717, 1.165) is 0 Å². The number of aldehydes is 1. The average Bonchev–Trinajstić information content (AvgIpc) is 1.81. The van der Waals surface area contributed by atoms with Crippen LogP contribution < -0.4 is 0 Å². The summed E-state index contributed by atoms with van der Waals surface area (Å²) in [5.74, 6) is 2.24. The summed E-state index contributed by atoms with van der Waals surface area (Å²) < 4.78 is 4.58. The van der Waals surface area contributed by atoms with Crippen molar-refractivity contribution < 1.29 is 9.53 Å². The van der Waals surface area contributed by atoms with E-state index in [4.69, 9.17) is 6.42 Å². The first-order valence-corrected chi connectivity index (χ1v) is 2.07. The van der Waals surface area contributed by atoms with Crippen LogP contribution in [0, 0.1) is 12.3 Å². The number of hydrogen-bond donors (Lipinski definition) is 0. The number of allylic oxidation sites excluding steroid dienone is 1. The highest BCUT2D eigenvalue weighted by atomic mass is 16.5. The van der Waals surface area contributed by atoms with Crippen molar-refractivity contribution in [1.29, 1.82) is 0 Å². The molecule has 0 saturated carbocycles. The number of carbonyl (C=O) groups excluding carboxylic acids is 1. The Morgan fingerprint density at radius 1 is 1.75 bits per heavy atom. The SMILES string of the molecule is C#CCOC=CC=O. The number of carbonyl (C=O) groups is 1. The molecule has 0 aliphatic heterocycles. The molecule has 0 aliphatic carbocycles. The van der Waals surface area contributed by atoms with Gasteiger partial charge in [0.25, 0.3) is 0 Å². The second-order valence-corrected chi connectivity index (χ2v) is 0.980. The second kappa shape index (κ2) is 5.77. The highest BCUT2D eigenvalue weighted by molar-refractivity contribution is 5.64. The number of ether oxygens (including phenoxy) is 1. The normalized spacial score (nSPS) is 8.38. The molecular weight excluding hydrogens is 104 g/mol. The summed E-state index contributed by atoms with van der Waals surface area (Å²) in [4.78, 5) is 9.55. The van der Waals surface area contributed by atoms with Gasteiger partial charge >= 0.3 is 0 Å². The monoisotopic (exact) mass is 110 g/mol. The molecule has 0 N–H and O–H groups in total. The molecule has 0 spiro atoms. The smallest absolute Gasteiger partial charge is 0.147 e. The van der Waals surface area contributed by atoms with Gasteiger partial charge in [-0.15, -0.1) is 6.42 Å². The van der Waals surface area contributed by atoms with Crippen molar-refractivity contribution in [3.63, 3.8) is 0 Å². The third-order valence-corrected chi connectivity index (χ3v) is 0.420. The summed E-state index contributed by atoms with van der Waals surface area (Å²) >= 11 is 0. The topological polar surface area (TPSA) is 26.3 Å². The molecule has 0 aromatic carbocycles. The molecule has 8 heavy (non-hydrogen) atoms. The molecule has 0 atom stereocenters. The highest BCUT2D eigenvalue weighted by Crippen LogP contribution is 1.71. The predicted octanol–water partition coefficient (Wildman–Crippen LogP) is 0.349. The van der Waals surface area contributed by atoms with E-state index in [1.54, 1.807) is 0 Å². The van der Waals surface area contributed by atoms with Crippen molar-refractivity contribution >= 4 is 6.29 Å². The lowest BCUT2D eigenvalue weighted by Gasteiger charge is -1.86. The zero-order chi connectivity index (χ0) is 6.24. The quantitative estimate of drug-likeness (QED) is 0.172. The fourth-order valence-corrected chi connectivity index (χ4v) is 0.184. The maximum atomic E-state index is 9.55. The standard InChI is InChI=1S/C6H6O2/c1-2-5-8-6-3-4-7/h1,3-4,6H,5H2. The van der Waals surface area contributed by atoms with Crippen molar-refractivity contribution in [3.8, 4) is 12.3 Å². The minimum atomic E-state index is 0.213. The molecule has 2 heteroatoms. The molecule has 42 valence electrons. The highest BCUT2D eigenvalue weighted by Gasteiger charge is 1.67. The molecule has 0 heterocycles. The predicted molar refractivity (Wildman–Crippen MR) is 30.0 cm³/mol. The molecule has 0 amide bonds. The zero-order valence-corrected chi connectivity index (χ0v) is 4.33. The van der Waals surface area contributed by atoms with Crippen LogP contribution in [-0.4, -0.2) is 12.9 Å². The molecule has 0 rings (SSSR count). The van der Waals surface area contributed by atoms with E-state index >= 15 is 0 Å². The summed E-state index contributed by atoms with van der Waals surface area (Å²) in [6.45, 7) is 0.213. The maximum Gasteiger partial charge on any atom is 0.147 e. The van der Waals surface area contributed by atoms with Crippen LogP contribution in [0.1, 0.15) is 0 Å². The van der Waals surface area contributed by atoms with Crippen LogP contribution in [0.5, 0.6) is 0 Å². The van der Waals surface area contributed by atoms with Crippen molar-refractivity contribution in [1.82, 2.24) is 0 Å².